The molecule has 2 heterocycles. The first kappa shape index (κ1) is 16.4. The minimum absolute atomic E-state index is 0.0152. The van der Waals surface area contributed by atoms with Crippen molar-refractivity contribution in [3.8, 4) is 5.75 Å². The van der Waals surface area contributed by atoms with Crippen LogP contribution in [0.2, 0.25) is 0 Å². The molecule has 2 atom stereocenters. The van der Waals surface area contributed by atoms with Crippen LogP contribution in [0, 0.1) is 5.92 Å². The van der Waals surface area contributed by atoms with Gasteiger partial charge in [0.15, 0.2) is 0 Å². The fraction of sp³-hybridized carbons (Fsp3) is 0.579. The van der Waals surface area contributed by atoms with Gasteiger partial charge in [-0.2, -0.15) is 0 Å². The van der Waals surface area contributed by atoms with Crippen molar-refractivity contribution in [2.75, 3.05) is 33.3 Å². The SMILES string of the molecule is COc1ccc(C[C@@H]2NC(=O)[C@H]3CN(CC4CC4)CCN3C2=O)cc1. The van der Waals surface area contributed by atoms with Crippen LogP contribution in [0.5, 0.6) is 5.75 Å². The molecule has 6 nitrogen and oxygen atoms in total. The van der Waals surface area contributed by atoms with Crippen molar-refractivity contribution >= 4 is 11.8 Å². The molecule has 0 aromatic heterocycles. The summed E-state index contributed by atoms with van der Waals surface area (Å²) in [4.78, 5) is 29.5. The maximum absolute atomic E-state index is 12.8. The molecule has 3 aliphatic rings. The highest BCUT2D eigenvalue weighted by Gasteiger charge is 2.43. The molecular weight excluding hydrogens is 318 g/mol. The third-order valence-electron chi connectivity index (χ3n) is 5.48. The number of hydrogen-bond donors (Lipinski definition) is 1. The molecule has 1 aromatic carbocycles. The van der Waals surface area contributed by atoms with Gasteiger partial charge in [-0.25, -0.2) is 0 Å². The second kappa shape index (κ2) is 6.67. The highest BCUT2D eigenvalue weighted by molar-refractivity contribution is 5.97. The molecule has 1 N–H and O–H groups in total. The zero-order valence-electron chi connectivity index (χ0n) is 14.6. The number of hydrogen-bond acceptors (Lipinski definition) is 4. The topological polar surface area (TPSA) is 61.9 Å². The van der Waals surface area contributed by atoms with Gasteiger partial charge in [0.05, 0.1) is 7.11 Å². The van der Waals surface area contributed by atoms with Gasteiger partial charge in [-0.1, -0.05) is 12.1 Å². The Morgan fingerprint density at radius 3 is 2.60 bits per heavy atom. The quantitative estimate of drug-likeness (QED) is 0.853. The first-order valence-electron chi connectivity index (χ1n) is 9.10. The van der Waals surface area contributed by atoms with Crippen molar-refractivity contribution in [2.24, 2.45) is 5.92 Å². The average molecular weight is 343 g/mol. The predicted molar refractivity (Wildman–Crippen MR) is 93.3 cm³/mol. The number of ether oxygens (including phenoxy) is 1. The van der Waals surface area contributed by atoms with Crippen molar-refractivity contribution < 1.29 is 14.3 Å². The Morgan fingerprint density at radius 1 is 1.16 bits per heavy atom. The van der Waals surface area contributed by atoms with E-state index in [0.29, 0.717) is 19.5 Å². The highest BCUT2D eigenvalue weighted by Crippen LogP contribution is 2.30. The van der Waals surface area contributed by atoms with Gasteiger partial charge >= 0.3 is 0 Å². The number of fused-ring (bicyclic) bond motifs is 1. The number of carbonyl (C=O) groups is 2. The summed E-state index contributed by atoms with van der Waals surface area (Å²) < 4.78 is 5.16. The number of carbonyl (C=O) groups excluding carboxylic acids is 2. The number of amides is 2. The molecule has 0 spiro atoms. The van der Waals surface area contributed by atoms with Crippen LogP contribution in [0.4, 0.5) is 0 Å². The zero-order valence-corrected chi connectivity index (χ0v) is 14.6. The summed E-state index contributed by atoms with van der Waals surface area (Å²) in [6.07, 6.45) is 3.13. The van der Waals surface area contributed by atoms with E-state index in [-0.39, 0.29) is 17.9 Å². The van der Waals surface area contributed by atoms with E-state index in [9.17, 15) is 9.59 Å². The van der Waals surface area contributed by atoms with Gasteiger partial charge in [0.1, 0.15) is 17.8 Å². The number of piperazine rings is 2. The highest BCUT2D eigenvalue weighted by atomic mass is 16.5. The van der Waals surface area contributed by atoms with Gasteiger partial charge in [0.2, 0.25) is 11.8 Å². The summed E-state index contributed by atoms with van der Waals surface area (Å²) in [7, 11) is 1.63. The van der Waals surface area contributed by atoms with Crippen molar-refractivity contribution in [3.63, 3.8) is 0 Å². The molecule has 0 radical (unpaired) electrons. The summed E-state index contributed by atoms with van der Waals surface area (Å²) in [5, 5.41) is 2.94. The molecule has 4 rings (SSSR count). The van der Waals surface area contributed by atoms with Crippen LogP contribution in [0.25, 0.3) is 0 Å². The molecule has 2 amide bonds. The number of methoxy groups -OCH3 is 1. The summed E-state index contributed by atoms with van der Waals surface area (Å²) in [5.74, 6) is 1.62. The van der Waals surface area contributed by atoms with Gasteiger partial charge < -0.3 is 15.0 Å². The van der Waals surface area contributed by atoms with E-state index < -0.39 is 6.04 Å². The minimum atomic E-state index is -0.466. The molecule has 0 unspecified atom stereocenters. The average Bonchev–Trinajstić information content (AvgIpc) is 3.44. The zero-order chi connectivity index (χ0) is 17.4. The molecule has 2 aliphatic heterocycles. The van der Waals surface area contributed by atoms with Crippen molar-refractivity contribution in [3.05, 3.63) is 29.8 Å². The summed E-state index contributed by atoms with van der Waals surface area (Å²) in [6.45, 7) is 3.27. The summed E-state index contributed by atoms with van der Waals surface area (Å²) >= 11 is 0. The fourth-order valence-electron chi connectivity index (χ4n) is 3.82. The third-order valence-corrected chi connectivity index (χ3v) is 5.48. The smallest absolute Gasteiger partial charge is 0.246 e. The van der Waals surface area contributed by atoms with Crippen LogP contribution in [-0.2, 0) is 16.0 Å². The number of rotatable bonds is 5. The van der Waals surface area contributed by atoms with E-state index in [2.05, 4.69) is 10.2 Å². The second-order valence-corrected chi connectivity index (χ2v) is 7.36. The van der Waals surface area contributed by atoms with E-state index in [0.717, 1.165) is 30.3 Å². The van der Waals surface area contributed by atoms with Gasteiger partial charge in [0, 0.05) is 32.6 Å². The Labute approximate surface area is 148 Å². The third kappa shape index (κ3) is 3.49. The summed E-state index contributed by atoms with van der Waals surface area (Å²) in [5.41, 5.74) is 1.02. The lowest BCUT2D eigenvalue weighted by atomic mass is 9.98. The van der Waals surface area contributed by atoms with Crippen LogP contribution in [-0.4, -0.2) is 67.0 Å². The van der Waals surface area contributed by atoms with Crippen molar-refractivity contribution in [1.82, 2.24) is 15.1 Å². The van der Waals surface area contributed by atoms with E-state index in [1.54, 1.807) is 12.0 Å². The predicted octanol–water partition coefficient (Wildman–Crippen LogP) is 0.659. The maximum atomic E-state index is 12.8. The molecule has 134 valence electrons. The Kier molecular flexibility index (Phi) is 4.37. The van der Waals surface area contributed by atoms with E-state index in [1.807, 2.05) is 24.3 Å². The van der Waals surface area contributed by atoms with E-state index in [4.69, 9.17) is 4.74 Å². The van der Waals surface area contributed by atoms with Crippen molar-refractivity contribution in [2.45, 2.75) is 31.3 Å². The van der Waals surface area contributed by atoms with Gasteiger partial charge in [0.25, 0.3) is 0 Å². The Hall–Kier alpha value is -2.08. The number of nitrogens with one attached hydrogen (secondary N) is 1. The first-order chi connectivity index (χ1) is 12.1. The van der Waals surface area contributed by atoms with Crippen LogP contribution in [0.15, 0.2) is 24.3 Å². The molecule has 6 heteroatoms. The first-order valence-corrected chi connectivity index (χ1v) is 9.10. The van der Waals surface area contributed by atoms with E-state index in [1.165, 1.54) is 12.8 Å². The number of nitrogens with zero attached hydrogens (tertiary/aromatic N) is 2. The molecule has 0 bridgehead atoms. The number of benzene rings is 1. The van der Waals surface area contributed by atoms with Gasteiger partial charge in [-0.3, -0.25) is 14.5 Å². The van der Waals surface area contributed by atoms with E-state index >= 15 is 0 Å². The second-order valence-electron chi connectivity index (χ2n) is 7.36. The monoisotopic (exact) mass is 343 g/mol. The Balaban J connectivity index is 1.41. The van der Waals surface area contributed by atoms with Crippen LogP contribution in [0.3, 0.4) is 0 Å². The lowest BCUT2D eigenvalue weighted by molar-refractivity contribution is -0.152. The lowest BCUT2D eigenvalue weighted by Gasteiger charge is -2.45. The normalized spacial score (nSPS) is 27.0. The largest absolute Gasteiger partial charge is 0.497 e. The molecule has 1 aliphatic carbocycles. The molecular formula is C19H25N3O3. The van der Waals surface area contributed by atoms with Gasteiger partial charge in [-0.15, -0.1) is 0 Å². The summed E-state index contributed by atoms with van der Waals surface area (Å²) in [6, 6.07) is 6.85. The van der Waals surface area contributed by atoms with Crippen LogP contribution >= 0.6 is 0 Å². The molecule has 2 saturated heterocycles. The Morgan fingerprint density at radius 2 is 1.92 bits per heavy atom. The molecule has 1 aromatic rings. The van der Waals surface area contributed by atoms with Crippen LogP contribution < -0.4 is 10.1 Å². The van der Waals surface area contributed by atoms with Crippen molar-refractivity contribution in [1.29, 1.82) is 0 Å². The molecule has 1 saturated carbocycles. The fourth-order valence-corrected chi connectivity index (χ4v) is 3.82. The minimum Gasteiger partial charge on any atom is -0.497 e. The maximum Gasteiger partial charge on any atom is 0.246 e. The Bertz CT molecular complexity index is 656. The van der Waals surface area contributed by atoms with Crippen LogP contribution in [0.1, 0.15) is 18.4 Å². The van der Waals surface area contributed by atoms with Gasteiger partial charge in [-0.05, 0) is 36.5 Å². The molecule has 3 fully saturated rings. The molecule has 25 heavy (non-hydrogen) atoms. The standard InChI is InChI=1S/C19H25N3O3/c1-25-15-6-4-13(5-7-15)10-16-19(24)22-9-8-21(11-14-2-3-14)12-17(22)18(23)20-16/h4-7,14,16-17H,2-3,8-12H2,1H3,(H,20,23)/t16-,17+/m0/s1. The lowest BCUT2D eigenvalue weighted by Crippen LogP contribution is -2.69.